The molecule has 0 atom stereocenters. The lowest BCUT2D eigenvalue weighted by molar-refractivity contribution is -0.116. The largest absolute Gasteiger partial charge is 0.439 e. The summed E-state index contributed by atoms with van der Waals surface area (Å²) in [6.07, 6.45) is 5.51. The third kappa shape index (κ3) is 6.76. The third-order valence-corrected chi connectivity index (χ3v) is 4.80. The van der Waals surface area contributed by atoms with Crippen LogP contribution in [-0.4, -0.2) is 30.8 Å². The number of nitrogens with two attached hydrogens (primary N) is 1. The average Bonchev–Trinajstić information content (AvgIpc) is 2.70. The van der Waals surface area contributed by atoms with Crippen LogP contribution >= 0.6 is 0 Å². The van der Waals surface area contributed by atoms with Crippen LogP contribution in [0.2, 0.25) is 0 Å². The lowest BCUT2D eigenvalue weighted by atomic mass is 10.1. The molecule has 4 N–H and O–H groups in total. The number of benzene rings is 1. The number of hydrogen-bond acceptors (Lipinski definition) is 6. The van der Waals surface area contributed by atoms with E-state index >= 15 is 0 Å². The van der Waals surface area contributed by atoms with Gasteiger partial charge in [0.25, 0.3) is 10.2 Å². The molecule has 10 heteroatoms. The molecule has 2 aromatic heterocycles. The van der Waals surface area contributed by atoms with Gasteiger partial charge in [0.05, 0.1) is 11.2 Å². The minimum atomic E-state index is -3.67. The maximum absolute atomic E-state index is 12.4. The molecule has 30 heavy (non-hydrogen) atoms. The lowest BCUT2D eigenvalue weighted by Crippen LogP contribution is -2.31. The van der Waals surface area contributed by atoms with Crippen LogP contribution in [0, 0.1) is 0 Å². The van der Waals surface area contributed by atoms with E-state index in [2.05, 4.69) is 20.0 Å². The van der Waals surface area contributed by atoms with Gasteiger partial charge >= 0.3 is 0 Å². The first-order chi connectivity index (χ1) is 14.4. The maximum Gasteiger partial charge on any atom is 0.274 e. The van der Waals surface area contributed by atoms with Crippen LogP contribution < -0.4 is 19.9 Å². The summed E-state index contributed by atoms with van der Waals surface area (Å²) in [5.74, 6) is 0.834. The number of carbonyl (C=O) groups is 1. The van der Waals surface area contributed by atoms with Gasteiger partial charge in [-0.1, -0.05) is 18.6 Å². The van der Waals surface area contributed by atoms with Crippen LogP contribution in [0.15, 0.2) is 54.9 Å². The molecule has 0 aliphatic heterocycles. The van der Waals surface area contributed by atoms with E-state index in [-0.39, 0.29) is 12.5 Å². The Kier molecular flexibility index (Phi) is 7.28. The van der Waals surface area contributed by atoms with E-state index in [0.29, 0.717) is 48.5 Å². The summed E-state index contributed by atoms with van der Waals surface area (Å²) in [5.41, 5.74) is 1.22. The molecule has 2 heterocycles. The van der Waals surface area contributed by atoms with E-state index < -0.39 is 10.2 Å². The van der Waals surface area contributed by atoms with Crippen LogP contribution in [0.5, 0.6) is 11.6 Å². The molecule has 0 saturated heterocycles. The molecule has 0 aliphatic rings. The Bertz CT molecular complexity index is 1110. The second-order valence-corrected chi connectivity index (χ2v) is 7.99. The first-order valence-corrected chi connectivity index (χ1v) is 11.0. The Morgan fingerprint density at radius 2 is 1.87 bits per heavy atom. The summed E-state index contributed by atoms with van der Waals surface area (Å²) in [5, 5.41) is 8.59. The fourth-order valence-corrected chi connectivity index (χ4v) is 3.29. The molecule has 0 bridgehead atoms. The van der Waals surface area contributed by atoms with Gasteiger partial charge in [-0.25, -0.2) is 14.8 Å². The number of hydrogen-bond donors (Lipinski definition) is 3. The van der Waals surface area contributed by atoms with Crippen molar-refractivity contribution in [3.63, 3.8) is 0 Å². The first-order valence-electron chi connectivity index (χ1n) is 9.45. The topological polar surface area (TPSA) is 136 Å². The number of ether oxygens (including phenoxy) is 1. The zero-order valence-corrected chi connectivity index (χ0v) is 17.1. The zero-order valence-electron chi connectivity index (χ0n) is 16.2. The van der Waals surface area contributed by atoms with Gasteiger partial charge in [0.15, 0.2) is 0 Å². The summed E-state index contributed by atoms with van der Waals surface area (Å²) in [6, 6.07) is 12.6. The number of amides is 1. The summed E-state index contributed by atoms with van der Waals surface area (Å²) >= 11 is 0. The van der Waals surface area contributed by atoms with Crippen molar-refractivity contribution < 1.29 is 17.9 Å². The molecule has 0 unspecified atom stereocenters. The molecular weight excluding hydrogens is 406 g/mol. The van der Waals surface area contributed by atoms with Gasteiger partial charge in [-0.2, -0.15) is 8.42 Å². The van der Waals surface area contributed by atoms with E-state index in [9.17, 15) is 13.2 Å². The van der Waals surface area contributed by atoms with Crippen molar-refractivity contribution in [3.05, 3.63) is 54.9 Å². The fraction of sp³-hybridized carbons (Fsp3) is 0.250. The van der Waals surface area contributed by atoms with Gasteiger partial charge in [0.1, 0.15) is 5.75 Å². The van der Waals surface area contributed by atoms with Gasteiger partial charge in [0, 0.05) is 42.9 Å². The second kappa shape index (κ2) is 10.1. The Morgan fingerprint density at radius 3 is 2.63 bits per heavy atom. The Hall–Kier alpha value is -3.08. The maximum atomic E-state index is 12.4. The van der Waals surface area contributed by atoms with Crippen LogP contribution in [-0.2, 0) is 15.0 Å². The predicted octanol–water partition coefficient (Wildman–Crippen LogP) is 2.71. The molecule has 1 aromatic carbocycles. The number of unbranched alkanes of at least 4 members (excludes halogenated alkanes) is 2. The molecule has 158 valence electrons. The molecule has 0 aliphatic carbocycles. The van der Waals surface area contributed by atoms with Crippen molar-refractivity contribution in [3.8, 4) is 11.6 Å². The lowest BCUT2D eigenvalue weighted by Gasteiger charge is -2.11. The first kappa shape index (κ1) is 21.6. The normalized spacial score (nSPS) is 11.4. The Morgan fingerprint density at radius 1 is 1.03 bits per heavy atom. The summed E-state index contributed by atoms with van der Waals surface area (Å²) in [6.45, 7) is 0.252. The number of nitrogens with zero attached hydrogens (tertiary/aromatic N) is 2. The van der Waals surface area contributed by atoms with E-state index in [1.54, 1.807) is 30.6 Å². The van der Waals surface area contributed by atoms with Crippen LogP contribution in [0.1, 0.15) is 25.7 Å². The van der Waals surface area contributed by atoms with Gasteiger partial charge < -0.3 is 10.1 Å². The molecule has 1 amide bonds. The van der Waals surface area contributed by atoms with Gasteiger partial charge in [-0.3, -0.25) is 9.78 Å². The Balaban J connectivity index is 1.62. The highest BCUT2D eigenvalue weighted by molar-refractivity contribution is 7.87. The summed E-state index contributed by atoms with van der Waals surface area (Å²) in [7, 11) is -3.67. The number of carbonyl (C=O) groups excluding carboxylic acids is 1. The molecule has 3 aromatic rings. The van der Waals surface area contributed by atoms with Gasteiger partial charge in [-0.15, -0.1) is 0 Å². The van der Waals surface area contributed by atoms with Gasteiger partial charge in [-0.05, 0) is 31.0 Å². The molecular formula is C20H23N5O4S. The fourth-order valence-electron chi connectivity index (χ4n) is 2.86. The average molecular weight is 430 g/mol. The highest BCUT2D eigenvalue weighted by atomic mass is 32.2. The van der Waals surface area contributed by atoms with E-state index in [1.165, 1.54) is 0 Å². The van der Waals surface area contributed by atoms with Crippen molar-refractivity contribution >= 4 is 32.7 Å². The third-order valence-electron chi connectivity index (χ3n) is 4.20. The van der Waals surface area contributed by atoms with Crippen molar-refractivity contribution in [1.82, 2.24) is 14.7 Å². The monoisotopic (exact) mass is 429 g/mol. The smallest absolute Gasteiger partial charge is 0.274 e. The molecule has 0 radical (unpaired) electrons. The molecule has 0 spiro atoms. The molecule has 0 saturated carbocycles. The highest BCUT2D eigenvalue weighted by Gasteiger charge is 2.11. The second-order valence-electron chi connectivity index (χ2n) is 6.61. The van der Waals surface area contributed by atoms with E-state index in [0.717, 1.165) is 5.39 Å². The van der Waals surface area contributed by atoms with Crippen LogP contribution in [0.3, 0.4) is 0 Å². The number of anilines is 1. The quantitative estimate of drug-likeness (QED) is 0.424. The van der Waals surface area contributed by atoms with Crippen molar-refractivity contribution in [2.24, 2.45) is 5.14 Å². The van der Waals surface area contributed by atoms with Crippen LogP contribution in [0.25, 0.3) is 10.9 Å². The van der Waals surface area contributed by atoms with Crippen molar-refractivity contribution in [2.45, 2.75) is 25.7 Å². The summed E-state index contributed by atoms with van der Waals surface area (Å²) < 4.78 is 29.6. The Labute approximate surface area is 174 Å². The van der Waals surface area contributed by atoms with E-state index in [1.807, 2.05) is 24.3 Å². The number of pyridine rings is 2. The zero-order chi connectivity index (χ0) is 21.4. The number of nitrogens with one attached hydrogen (secondary N) is 2. The minimum absolute atomic E-state index is 0.156. The SMILES string of the molecule is NS(=O)(=O)NCCCCCC(=O)Nc1cc(Oc2ccccn2)cc2cccnc12. The number of aromatic nitrogens is 2. The molecule has 3 rings (SSSR count). The standard InChI is InChI=1S/C20H23N5O4S/c21-30(27,28)24-12-4-1-2-8-18(26)25-17-14-16(29-19-9-3-5-10-22-19)13-15-7-6-11-23-20(15)17/h3,5-7,9-11,13-14,24H,1-2,4,8,12H2,(H,25,26)(H2,21,27,28). The van der Waals surface area contributed by atoms with Crippen molar-refractivity contribution in [2.75, 3.05) is 11.9 Å². The molecule has 0 fully saturated rings. The number of rotatable bonds is 10. The molecule has 9 nitrogen and oxygen atoms in total. The highest BCUT2D eigenvalue weighted by Crippen LogP contribution is 2.30. The summed E-state index contributed by atoms with van der Waals surface area (Å²) in [4.78, 5) is 20.9. The minimum Gasteiger partial charge on any atom is -0.439 e. The van der Waals surface area contributed by atoms with Crippen LogP contribution in [0.4, 0.5) is 5.69 Å². The van der Waals surface area contributed by atoms with E-state index in [4.69, 9.17) is 9.88 Å². The van der Waals surface area contributed by atoms with Crippen molar-refractivity contribution in [1.29, 1.82) is 0 Å². The number of fused-ring (bicyclic) bond motifs is 1. The predicted molar refractivity (Wildman–Crippen MR) is 114 cm³/mol. The van der Waals surface area contributed by atoms with Gasteiger partial charge in [0.2, 0.25) is 11.8 Å².